The van der Waals surface area contributed by atoms with Gasteiger partial charge in [0, 0.05) is 5.70 Å². The van der Waals surface area contributed by atoms with Crippen LogP contribution in [-0.4, -0.2) is 34.2 Å². The first-order valence-corrected chi connectivity index (χ1v) is 11.0. The second-order valence-corrected chi connectivity index (χ2v) is 7.68. The number of hydrogen-bond acceptors (Lipinski definition) is 8. The Labute approximate surface area is 202 Å². The maximum Gasteiger partial charge on any atom is 0.338 e. The van der Waals surface area contributed by atoms with Crippen molar-refractivity contribution in [2.45, 2.75) is 33.4 Å². The highest BCUT2D eigenvalue weighted by Gasteiger charge is 2.38. The second kappa shape index (κ2) is 10.9. The smallest absolute Gasteiger partial charge is 0.338 e. The molecule has 1 heterocycles. The first-order valence-electron chi connectivity index (χ1n) is 10.6. The van der Waals surface area contributed by atoms with Gasteiger partial charge in [-0.15, -0.1) is 0 Å². The molecule has 0 unspecified atom stereocenters. The lowest BCUT2D eigenvalue weighted by molar-refractivity contribution is -0.385. The van der Waals surface area contributed by atoms with Crippen molar-refractivity contribution in [3.05, 3.63) is 75.0 Å². The van der Waals surface area contributed by atoms with Gasteiger partial charge in [-0.25, -0.2) is 10.6 Å². The number of nitrogens with two attached hydrogens (primary N) is 1. The van der Waals surface area contributed by atoms with Crippen LogP contribution in [0.3, 0.4) is 0 Å². The number of carbonyl (C=O) groups excluding carboxylic acids is 1. The third-order valence-electron chi connectivity index (χ3n) is 5.16. The summed E-state index contributed by atoms with van der Waals surface area (Å²) >= 11 is 5.28. The van der Waals surface area contributed by atoms with Crippen molar-refractivity contribution in [1.82, 2.24) is 10.3 Å². The SMILES string of the molecule is CCOC(=O)C1=C(C)N(N)C(=S)N[C@@H]1c1cc(OCC)c(OCc2ccccc2)cc1[N+](=O)[O-]. The molecule has 0 aromatic heterocycles. The molecule has 180 valence electrons. The van der Waals surface area contributed by atoms with Gasteiger partial charge in [-0.05, 0) is 44.6 Å². The van der Waals surface area contributed by atoms with Crippen molar-refractivity contribution >= 4 is 29.0 Å². The molecule has 0 saturated heterocycles. The van der Waals surface area contributed by atoms with Gasteiger partial charge in [-0.3, -0.25) is 15.1 Å². The minimum absolute atomic E-state index is 0.104. The summed E-state index contributed by atoms with van der Waals surface area (Å²) < 4.78 is 16.8. The van der Waals surface area contributed by atoms with Crippen LogP contribution in [0.4, 0.5) is 5.69 Å². The number of hydrazine groups is 1. The minimum atomic E-state index is -0.978. The highest BCUT2D eigenvalue weighted by atomic mass is 32.1. The van der Waals surface area contributed by atoms with Crippen LogP contribution in [0.25, 0.3) is 0 Å². The lowest BCUT2D eigenvalue weighted by Gasteiger charge is -2.34. The Morgan fingerprint density at radius 3 is 2.47 bits per heavy atom. The topological polar surface area (TPSA) is 129 Å². The fraction of sp³-hybridized carbons (Fsp3) is 0.304. The normalized spacial score (nSPS) is 15.6. The van der Waals surface area contributed by atoms with E-state index in [4.69, 9.17) is 32.3 Å². The van der Waals surface area contributed by atoms with Gasteiger partial charge in [0.05, 0.1) is 41.4 Å². The third kappa shape index (κ3) is 5.26. The number of nitrogens with zero attached hydrogens (tertiary/aromatic N) is 2. The maximum atomic E-state index is 12.8. The Kier molecular flexibility index (Phi) is 8.03. The van der Waals surface area contributed by atoms with Gasteiger partial charge in [0.2, 0.25) is 0 Å². The molecule has 2 aromatic rings. The van der Waals surface area contributed by atoms with Crippen molar-refractivity contribution in [2.24, 2.45) is 5.84 Å². The van der Waals surface area contributed by atoms with Gasteiger partial charge >= 0.3 is 5.97 Å². The molecule has 0 bridgehead atoms. The van der Waals surface area contributed by atoms with Gasteiger partial charge in [-0.1, -0.05) is 30.3 Å². The molecule has 3 rings (SSSR count). The van der Waals surface area contributed by atoms with Crippen LogP contribution >= 0.6 is 12.2 Å². The number of allylic oxidation sites excluding steroid dienone is 1. The summed E-state index contributed by atoms with van der Waals surface area (Å²) in [6.45, 7) is 5.66. The van der Waals surface area contributed by atoms with Crippen LogP contribution in [0.15, 0.2) is 53.7 Å². The minimum Gasteiger partial charge on any atom is -0.490 e. The fourth-order valence-corrected chi connectivity index (χ4v) is 3.79. The largest absolute Gasteiger partial charge is 0.490 e. The molecule has 0 fully saturated rings. The summed E-state index contributed by atoms with van der Waals surface area (Å²) in [4.78, 5) is 24.3. The van der Waals surface area contributed by atoms with Crippen molar-refractivity contribution in [3.63, 3.8) is 0 Å². The van der Waals surface area contributed by atoms with Crippen molar-refractivity contribution < 1.29 is 23.9 Å². The molecular weight excluding hydrogens is 460 g/mol. The quantitative estimate of drug-likeness (QED) is 0.179. The van der Waals surface area contributed by atoms with E-state index in [1.807, 2.05) is 30.3 Å². The van der Waals surface area contributed by atoms with Crippen LogP contribution in [0, 0.1) is 10.1 Å². The number of rotatable bonds is 9. The van der Waals surface area contributed by atoms with Crippen LogP contribution in [-0.2, 0) is 16.1 Å². The Balaban J connectivity index is 2.12. The predicted octanol–water partition coefficient (Wildman–Crippen LogP) is 3.51. The van der Waals surface area contributed by atoms with Crippen LogP contribution in [0.5, 0.6) is 11.5 Å². The predicted molar refractivity (Wildman–Crippen MR) is 129 cm³/mol. The molecule has 2 aromatic carbocycles. The molecule has 3 N–H and O–H groups in total. The molecule has 0 spiro atoms. The van der Waals surface area contributed by atoms with E-state index in [0.717, 1.165) is 10.6 Å². The molecule has 1 aliphatic heterocycles. The third-order valence-corrected chi connectivity index (χ3v) is 5.47. The summed E-state index contributed by atoms with van der Waals surface area (Å²) in [5.41, 5.74) is 1.22. The lowest BCUT2D eigenvalue weighted by atomic mass is 9.93. The zero-order chi connectivity index (χ0) is 24.8. The Morgan fingerprint density at radius 2 is 1.85 bits per heavy atom. The van der Waals surface area contributed by atoms with Gasteiger partial charge in [0.15, 0.2) is 16.6 Å². The standard InChI is InChI=1S/C23H26N4O6S/c1-4-31-18-11-16(21-20(22(28)32-5-2)14(3)26(24)23(34)25-21)17(27(29)30)12-19(18)33-13-15-9-7-6-8-10-15/h6-12,21H,4-5,13,24H2,1-3H3,(H,25,34)/t21-/m1/s1. The molecule has 0 amide bonds. The summed E-state index contributed by atoms with van der Waals surface area (Å²) in [5.74, 6) is 5.81. The van der Waals surface area contributed by atoms with E-state index in [1.165, 1.54) is 12.1 Å². The summed E-state index contributed by atoms with van der Waals surface area (Å²) in [7, 11) is 0. The van der Waals surface area contributed by atoms with Crippen molar-refractivity contribution in [1.29, 1.82) is 0 Å². The number of nitrogens with one attached hydrogen (secondary N) is 1. The molecule has 1 atom stereocenters. The summed E-state index contributed by atoms with van der Waals surface area (Å²) in [6, 6.07) is 11.2. The van der Waals surface area contributed by atoms with Crippen LogP contribution < -0.4 is 20.6 Å². The van der Waals surface area contributed by atoms with E-state index < -0.39 is 16.9 Å². The first kappa shape index (κ1) is 24.9. The lowest BCUT2D eigenvalue weighted by Crippen LogP contribution is -2.51. The molecule has 1 aliphatic rings. The number of benzene rings is 2. The number of nitro benzene ring substituents is 1. The van der Waals surface area contributed by atoms with Crippen LogP contribution in [0.2, 0.25) is 0 Å². The van der Waals surface area contributed by atoms with Gasteiger partial charge in [0.1, 0.15) is 6.61 Å². The molecule has 0 aliphatic carbocycles. The monoisotopic (exact) mass is 486 g/mol. The van der Waals surface area contributed by atoms with E-state index in [2.05, 4.69) is 5.32 Å². The Morgan fingerprint density at radius 1 is 1.18 bits per heavy atom. The number of carbonyl (C=O) groups is 1. The van der Waals surface area contributed by atoms with E-state index in [-0.39, 0.29) is 40.9 Å². The molecule has 0 saturated carbocycles. The highest BCUT2D eigenvalue weighted by molar-refractivity contribution is 7.80. The average Bonchev–Trinajstić information content (AvgIpc) is 2.82. The van der Waals surface area contributed by atoms with Gasteiger partial charge in [-0.2, -0.15) is 0 Å². The summed E-state index contributed by atoms with van der Waals surface area (Å²) in [6.07, 6.45) is 0. The van der Waals surface area contributed by atoms with Gasteiger partial charge < -0.3 is 19.5 Å². The first-order chi connectivity index (χ1) is 16.3. The van der Waals surface area contributed by atoms with Gasteiger partial charge in [0.25, 0.3) is 5.69 Å². The number of hydrogen-bond donors (Lipinski definition) is 2. The average molecular weight is 487 g/mol. The number of thiocarbonyl (C=S) groups is 1. The number of ether oxygens (including phenoxy) is 3. The van der Waals surface area contributed by atoms with Crippen molar-refractivity contribution in [3.8, 4) is 11.5 Å². The van der Waals surface area contributed by atoms with E-state index in [1.54, 1.807) is 20.8 Å². The Bertz CT molecular complexity index is 1120. The fourth-order valence-electron chi connectivity index (χ4n) is 3.53. The van der Waals surface area contributed by atoms with E-state index >= 15 is 0 Å². The second-order valence-electron chi connectivity index (χ2n) is 7.29. The molecule has 10 nitrogen and oxygen atoms in total. The van der Waals surface area contributed by atoms with Crippen molar-refractivity contribution in [2.75, 3.05) is 13.2 Å². The molecule has 11 heteroatoms. The number of esters is 1. The molecule has 34 heavy (non-hydrogen) atoms. The van der Waals surface area contributed by atoms with Crippen LogP contribution in [0.1, 0.15) is 37.9 Å². The van der Waals surface area contributed by atoms with E-state index in [9.17, 15) is 14.9 Å². The zero-order valence-electron chi connectivity index (χ0n) is 19.1. The highest BCUT2D eigenvalue weighted by Crippen LogP contribution is 2.42. The maximum absolute atomic E-state index is 12.8. The zero-order valence-corrected chi connectivity index (χ0v) is 19.9. The Hall–Kier alpha value is -3.70. The molecule has 0 radical (unpaired) electrons. The molecular formula is C23H26N4O6S. The van der Waals surface area contributed by atoms with E-state index in [0.29, 0.717) is 18.1 Å². The summed E-state index contributed by atoms with van der Waals surface area (Å²) in [5, 5.41) is 16.2. The number of nitro groups is 1.